The molecule has 0 amide bonds. The van der Waals surface area contributed by atoms with Crippen LogP contribution in [-0.2, 0) is 19.5 Å². The molecular weight excluding hydrogens is 348 g/mol. The van der Waals surface area contributed by atoms with Gasteiger partial charge in [-0.3, -0.25) is 0 Å². The van der Waals surface area contributed by atoms with Gasteiger partial charge in [0.05, 0.1) is 24.7 Å². The average molecular weight is 367 g/mol. The van der Waals surface area contributed by atoms with E-state index in [1.165, 1.54) is 6.07 Å². The van der Waals surface area contributed by atoms with E-state index in [0.717, 1.165) is 0 Å². The first-order chi connectivity index (χ1) is 9.38. The minimum atomic E-state index is -3.60. The van der Waals surface area contributed by atoms with Crippen LogP contribution in [0.3, 0.4) is 0 Å². The Morgan fingerprint density at radius 3 is 2.65 bits per heavy atom. The first-order valence-corrected chi connectivity index (χ1v) is 8.28. The van der Waals surface area contributed by atoms with E-state index in [0.29, 0.717) is 28.9 Å². The van der Waals surface area contributed by atoms with Crippen molar-refractivity contribution in [3.05, 3.63) is 22.2 Å². The molecule has 0 aliphatic rings. The number of nitrogen functional groups attached to an aromatic ring is 1. The molecule has 1 aromatic rings. The number of rotatable bonds is 8. The maximum Gasteiger partial charge on any atom is 0.241 e. The van der Waals surface area contributed by atoms with E-state index in [-0.39, 0.29) is 18.0 Å². The van der Waals surface area contributed by atoms with Gasteiger partial charge >= 0.3 is 0 Å². The van der Waals surface area contributed by atoms with E-state index >= 15 is 0 Å². The highest BCUT2D eigenvalue weighted by molar-refractivity contribution is 9.10. The summed E-state index contributed by atoms with van der Waals surface area (Å²) in [7, 11) is -2.02. The molecule has 114 valence electrons. The van der Waals surface area contributed by atoms with E-state index in [1.54, 1.807) is 20.1 Å². The van der Waals surface area contributed by atoms with Crippen LogP contribution in [0.15, 0.2) is 21.5 Å². The quantitative estimate of drug-likeness (QED) is 0.534. The van der Waals surface area contributed by atoms with Crippen molar-refractivity contribution in [2.24, 2.45) is 0 Å². The Bertz CT molecular complexity index is 549. The molecule has 0 heterocycles. The van der Waals surface area contributed by atoms with Crippen LogP contribution in [0.25, 0.3) is 0 Å². The largest absolute Gasteiger partial charge is 0.398 e. The molecule has 0 radical (unpaired) electrons. The predicted octanol–water partition coefficient (Wildman–Crippen LogP) is 1.28. The molecular formula is C12H19BrN2O4S. The molecule has 1 aromatic carbocycles. The van der Waals surface area contributed by atoms with Gasteiger partial charge in [0.25, 0.3) is 0 Å². The van der Waals surface area contributed by atoms with E-state index < -0.39 is 10.0 Å². The summed E-state index contributed by atoms with van der Waals surface area (Å²) in [5.74, 6) is 0. The number of ether oxygens (including phenoxy) is 2. The molecule has 0 atom stereocenters. The Hall–Kier alpha value is -0.670. The number of hydrogen-bond donors (Lipinski definition) is 2. The number of anilines is 1. The Kier molecular flexibility index (Phi) is 6.90. The third-order valence-corrected chi connectivity index (χ3v) is 4.67. The Labute approximate surface area is 127 Å². The second-order valence-corrected chi connectivity index (χ2v) is 6.77. The maximum absolute atomic E-state index is 12.2. The standard InChI is InChI=1S/C12H19BrN2O4S/c1-9-11(14)7-10(13)8-12(9)20(16,17)15-3-4-19-6-5-18-2/h7-8,15H,3-6,14H2,1-2H3. The fourth-order valence-electron chi connectivity index (χ4n) is 1.52. The number of hydrogen-bond acceptors (Lipinski definition) is 5. The van der Waals surface area contributed by atoms with Crippen molar-refractivity contribution in [3.8, 4) is 0 Å². The molecule has 0 fully saturated rings. The molecule has 6 nitrogen and oxygen atoms in total. The molecule has 0 aliphatic heterocycles. The molecule has 1 rings (SSSR count). The number of methoxy groups -OCH3 is 1. The van der Waals surface area contributed by atoms with Gasteiger partial charge in [-0.05, 0) is 24.6 Å². The van der Waals surface area contributed by atoms with Gasteiger partial charge in [-0.1, -0.05) is 15.9 Å². The summed E-state index contributed by atoms with van der Waals surface area (Å²) in [6.45, 7) is 3.06. The SMILES string of the molecule is COCCOCCNS(=O)(=O)c1cc(Br)cc(N)c1C. The zero-order chi connectivity index (χ0) is 15.2. The second kappa shape index (κ2) is 7.94. The van der Waals surface area contributed by atoms with Crippen molar-refractivity contribution < 1.29 is 17.9 Å². The number of halogens is 1. The Morgan fingerprint density at radius 2 is 2.00 bits per heavy atom. The Balaban J connectivity index is 2.65. The van der Waals surface area contributed by atoms with Crippen molar-refractivity contribution in [2.75, 3.05) is 39.2 Å². The lowest BCUT2D eigenvalue weighted by atomic mass is 10.2. The van der Waals surface area contributed by atoms with Crippen LogP contribution in [0.4, 0.5) is 5.69 Å². The van der Waals surface area contributed by atoms with Crippen molar-refractivity contribution in [2.45, 2.75) is 11.8 Å². The van der Waals surface area contributed by atoms with Crippen LogP contribution in [0.2, 0.25) is 0 Å². The number of benzene rings is 1. The van der Waals surface area contributed by atoms with Gasteiger partial charge in [0, 0.05) is 23.8 Å². The lowest BCUT2D eigenvalue weighted by Gasteiger charge is -2.12. The summed E-state index contributed by atoms with van der Waals surface area (Å²) in [5.41, 5.74) is 6.72. The topological polar surface area (TPSA) is 90.6 Å². The second-order valence-electron chi connectivity index (χ2n) is 4.12. The van der Waals surface area contributed by atoms with Gasteiger partial charge in [0.2, 0.25) is 10.0 Å². The normalized spacial score (nSPS) is 11.8. The molecule has 20 heavy (non-hydrogen) atoms. The molecule has 0 spiro atoms. The fourth-order valence-corrected chi connectivity index (χ4v) is 3.46. The van der Waals surface area contributed by atoms with E-state index in [2.05, 4.69) is 20.7 Å². The highest BCUT2D eigenvalue weighted by Crippen LogP contribution is 2.25. The third kappa shape index (κ3) is 5.02. The molecule has 0 aromatic heterocycles. The minimum Gasteiger partial charge on any atom is -0.398 e. The summed E-state index contributed by atoms with van der Waals surface area (Å²) in [5, 5.41) is 0. The monoisotopic (exact) mass is 366 g/mol. The summed E-state index contributed by atoms with van der Waals surface area (Å²) in [6, 6.07) is 3.20. The smallest absolute Gasteiger partial charge is 0.241 e. The Morgan fingerprint density at radius 1 is 1.30 bits per heavy atom. The molecule has 8 heteroatoms. The zero-order valence-electron chi connectivity index (χ0n) is 11.5. The van der Waals surface area contributed by atoms with Gasteiger partial charge in [0.1, 0.15) is 0 Å². The number of nitrogens with two attached hydrogens (primary N) is 1. The fraction of sp³-hybridized carbons (Fsp3) is 0.500. The van der Waals surface area contributed by atoms with Crippen molar-refractivity contribution >= 4 is 31.6 Å². The zero-order valence-corrected chi connectivity index (χ0v) is 13.9. The summed E-state index contributed by atoms with van der Waals surface area (Å²) in [6.07, 6.45) is 0. The average Bonchev–Trinajstić information content (AvgIpc) is 2.37. The van der Waals surface area contributed by atoms with Crippen LogP contribution in [0.5, 0.6) is 0 Å². The van der Waals surface area contributed by atoms with Crippen molar-refractivity contribution in [3.63, 3.8) is 0 Å². The van der Waals surface area contributed by atoms with Gasteiger partial charge in [-0.15, -0.1) is 0 Å². The van der Waals surface area contributed by atoms with E-state index in [4.69, 9.17) is 15.2 Å². The molecule has 0 aliphatic carbocycles. The predicted molar refractivity (Wildman–Crippen MR) is 81.2 cm³/mol. The van der Waals surface area contributed by atoms with E-state index in [1.807, 2.05) is 0 Å². The van der Waals surface area contributed by atoms with Crippen LogP contribution in [0.1, 0.15) is 5.56 Å². The van der Waals surface area contributed by atoms with Gasteiger partial charge in [-0.2, -0.15) is 0 Å². The molecule has 0 unspecified atom stereocenters. The molecule has 0 saturated heterocycles. The van der Waals surface area contributed by atoms with Crippen molar-refractivity contribution in [1.29, 1.82) is 0 Å². The van der Waals surface area contributed by atoms with Crippen LogP contribution >= 0.6 is 15.9 Å². The number of sulfonamides is 1. The summed E-state index contributed by atoms with van der Waals surface area (Å²) >= 11 is 3.24. The summed E-state index contributed by atoms with van der Waals surface area (Å²) in [4.78, 5) is 0.168. The third-order valence-electron chi connectivity index (χ3n) is 2.62. The van der Waals surface area contributed by atoms with Crippen LogP contribution in [-0.4, -0.2) is 41.9 Å². The number of nitrogens with one attached hydrogen (secondary N) is 1. The van der Waals surface area contributed by atoms with Gasteiger partial charge in [0.15, 0.2) is 0 Å². The minimum absolute atomic E-state index is 0.168. The molecule has 3 N–H and O–H groups in total. The van der Waals surface area contributed by atoms with Gasteiger partial charge in [-0.25, -0.2) is 13.1 Å². The van der Waals surface area contributed by atoms with Crippen molar-refractivity contribution in [1.82, 2.24) is 4.72 Å². The maximum atomic E-state index is 12.2. The lowest BCUT2D eigenvalue weighted by Crippen LogP contribution is -2.28. The van der Waals surface area contributed by atoms with E-state index in [9.17, 15) is 8.42 Å². The van der Waals surface area contributed by atoms with Crippen LogP contribution < -0.4 is 10.5 Å². The lowest BCUT2D eigenvalue weighted by molar-refractivity contribution is 0.0736. The van der Waals surface area contributed by atoms with Crippen LogP contribution in [0, 0.1) is 6.92 Å². The first-order valence-electron chi connectivity index (χ1n) is 6.00. The van der Waals surface area contributed by atoms with Gasteiger partial charge < -0.3 is 15.2 Å². The molecule has 0 saturated carbocycles. The highest BCUT2D eigenvalue weighted by atomic mass is 79.9. The highest BCUT2D eigenvalue weighted by Gasteiger charge is 2.18. The summed E-state index contributed by atoms with van der Waals surface area (Å²) < 4.78 is 37.5. The molecule has 0 bridgehead atoms. The first kappa shape index (κ1) is 17.4.